The maximum atomic E-state index is 11.2. The Hall–Kier alpha value is -2.21. The number of aromatic carboxylic acids is 1. The number of benzene rings is 2. The van der Waals surface area contributed by atoms with Crippen LogP contribution in [-0.2, 0) is 0 Å². The number of carboxylic acids is 1. The standard InChI is InChI=1S/C14H13BrN2O3/c1-20-13-7-9(3-4-11(13)15)17-12-5-2-8(16)6-10(12)14(18)19/h2-7,17H,16H2,1H3,(H,18,19). The van der Waals surface area contributed by atoms with Gasteiger partial charge in [-0.15, -0.1) is 0 Å². The Balaban J connectivity index is 2.37. The van der Waals surface area contributed by atoms with E-state index in [9.17, 15) is 9.90 Å². The number of hydrogen-bond donors (Lipinski definition) is 3. The van der Waals surface area contributed by atoms with E-state index in [1.54, 1.807) is 25.3 Å². The van der Waals surface area contributed by atoms with Gasteiger partial charge in [-0.25, -0.2) is 4.79 Å². The van der Waals surface area contributed by atoms with Crippen molar-refractivity contribution in [1.82, 2.24) is 0 Å². The van der Waals surface area contributed by atoms with E-state index in [0.717, 1.165) is 10.2 Å². The van der Waals surface area contributed by atoms with E-state index in [1.165, 1.54) is 6.07 Å². The molecule has 0 radical (unpaired) electrons. The topological polar surface area (TPSA) is 84.6 Å². The maximum Gasteiger partial charge on any atom is 0.337 e. The quantitative estimate of drug-likeness (QED) is 0.744. The molecule has 0 atom stereocenters. The number of halogens is 1. The molecule has 104 valence electrons. The van der Waals surface area contributed by atoms with Gasteiger partial charge >= 0.3 is 5.97 Å². The number of carboxylic acid groups (broad SMARTS) is 1. The fourth-order valence-electron chi connectivity index (χ4n) is 1.74. The Labute approximate surface area is 124 Å². The lowest BCUT2D eigenvalue weighted by molar-refractivity contribution is 0.0698. The zero-order chi connectivity index (χ0) is 14.7. The summed E-state index contributed by atoms with van der Waals surface area (Å²) in [6.45, 7) is 0. The smallest absolute Gasteiger partial charge is 0.337 e. The van der Waals surface area contributed by atoms with Crippen LogP contribution in [0.2, 0.25) is 0 Å². The van der Waals surface area contributed by atoms with Gasteiger partial charge in [0.25, 0.3) is 0 Å². The molecule has 4 N–H and O–H groups in total. The second kappa shape index (κ2) is 5.83. The van der Waals surface area contributed by atoms with Crippen molar-refractivity contribution in [1.29, 1.82) is 0 Å². The summed E-state index contributed by atoms with van der Waals surface area (Å²) in [6.07, 6.45) is 0. The number of carbonyl (C=O) groups is 1. The molecular formula is C14H13BrN2O3. The van der Waals surface area contributed by atoms with Crippen molar-refractivity contribution in [3.05, 3.63) is 46.4 Å². The molecule has 20 heavy (non-hydrogen) atoms. The lowest BCUT2D eigenvalue weighted by Crippen LogP contribution is -2.04. The van der Waals surface area contributed by atoms with Crippen molar-refractivity contribution in [3.8, 4) is 5.75 Å². The lowest BCUT2D eigenvalue weighted by atomic mass is 10.1. The van der Waals surface area contributed by atoms with Crippen LogP contribution in [-0.4, -0.2) is 18.2 Å². The number of nitrogen functional groups attached to an aromatic ring is 1. The van der Waals surface area contributed by atoms with Crippen molar-refractivity contribution in [2.24, 2.45) is 0 Å². The summed E-state index contributed by atoms with van der Waals surface area (Å²) in [5.41, 5.74) is 7.32. The number of hydrogen-bond acceptors (Lipinski definition) is 4. The second-order valence-electron chi connectivity index (χ2n) is 4.08. The molecule has 5 nitrogen and oxygen atoms in total. The number of rotatable bonds is 4. The third kappa shape index (κ3) is 3.03. The highest BCUT2D eigenvalue weighted by molar-refractivity contribution is 9.10. The van der Waals surface area contributed by atoms with Crippen LogP contribution in [0.4, 0.5) is 17.1 Å². The Bertz CT molecular complexity index is 659. The van der Waals surface area contributed by atoms with Gasteiger partial charge in [-0.3, -0.25) is 0 Å². The first-order valence-corrected chi connectivity index (χ1v) is 6.54. The van der Waals surface area contributed by atoms with Crippen molar-refractivity contribution < 1.29 is 14.6 Å². The minimum absolute atomic E-state index is 0.117. The Morgan fingerprint density at radius 2 is 2.05 bits per heavy atom. The van der Waals surface area contributed by atoms with Gasteiger partial charge in [-0.1, -0.05) is 0 Å². The molecule has 2 rings (SSSR count). The fraction of sp³-hybridized carbons (Fsp3) is 0.0714. The van der Waals surface area contributed by atoms with Crippen LogP contribution in [0, 0.1) is 0 Å². The average Bonchev–Trinajstić information content (AvgIpc) is 2.42. The highest BCUT2D eigenvalue weighted by atomic mass is 79.9. The van der Waals surface area contributed by atoms with Gasteiger partial charge in [-0.05, 0) is 46.3 Å². The Morgan fingerprint density at radius 1 is 1.30 bits per heavy atom. The Kier molecular flexibility index (Phi) is 4.14. The van der Waals surface area contributed by atoms with Crippen LogP contribution in [0.1, 0.15) is 10.4 Å². The average molecular weight is 337 g/mol. The van der Waals surface area contributed by atoms with Crippen LogP contribution in [0.5, 0.6) is 5.75 Å². The fourth-order valence-corrected chi connectivity index (χ4v) is 2.15. The van der Waals surface area contributed by atoms with Crippen LogP contribution >= 0.6 is 15.9 Å². The molecule has 0 aliphatic heterocycles. The van der Waals surface area contributed by atoms with Crippen LogP contribution in [0.3, 0.4) is 0 Å². The highest BCUT2D eigenvalue weighted by Gasteiger charge is 2.11. The lowest BCUT2D eigenvalue weighted by Gasteiger charge is -2.12. The molecule has 2 aromatic carbocycles. The van der Waals surface area contributed by atoms with Gasteiger partial charge in [0.15, 0.2) is 0 Å². The molecule has 0 spiro atoms. The minimum Gasteiger partial charge on any atom is -0.495 e. The summed E-state index contributed by atoms with van der Waals surface area (Å²) in [6, 6.07) is 10.1. The molecule has 0 fully saturated rings. The number of ether oxygens (including phenoxy) is 1. The molecule has 0 saturated heterocycles. The minimum atomic E-state index is -1.04. The normalized spacial score (nSPS) is 10.1. The molecule has 0 unspecified atom stereocenters. The highest BCUT2D eigenvalue weighted by Crippen LogP contribution is 2.30. The van der Waals surface area contributed by atoms with E-state index >= 15 is 0 Å². The zero-order valence-electron chi connectivity index (χ0n) is 10.7. The molecule has 0 aliphatic rings. The molecule has 0 heterocycles. The maximum absolute atomic E-state index is 11.2. The third-order valence-corrected chi connectivity index (χ3v) is 3.36. The zero-order valence-corrected chi connectivity index (χ0v) is 12.3. The molecule has 0 amide bonds. The molecule has 0 aromatic heterocycles. The first kappa shape index (κ1) is 14.2. The summed E-state index contributed by atoms with van der Waals surface area (Å²) in [4.78, 5) is 11.2. The summed E-state index contributed by atoms with van der Waals surface area (Å²) in [7, 11) is 1.57. The van der Waals surface area contributed by atoms with Crippen LogP contribution in [0.15, 0.2) is 40.9 Å². The third-order valence-electron chi connectivity index (χ3n) is 2.70. The summed E-state index contributed by atoms with van der Waals surface area (Å²) in [5.74, 6) is -0.383. The van der Waals surface area contributed by atoms with Gasteiger partial charge in [0.2, 0.25) is 0 Å². The molecule has 6 heteroatoms. The van der Waals surface area contributed by atoms with Crippen molar-refractivity contribution in [2.45, 2.75) is 0 Å². The van der Waals surface area contributed by atoms with E-state index in [4.69, 9.17) is 10.5 Å². The largest absolute Gasteiger partial charge is 0.495 e. The van der Waals surface area contributed by atoms with Gasteiger partial charge in [0.05, 0.1) is 22.8 Å². The molecule has 0 bridgehead atoms. The summed E-state index contributed by atoms with van der Waals surface area (Å²) < 4.78 is 6.02. The molecular weight excluding hydrogens is 324 g/mol. The molecule has 2 aromatic rings. The number of nitrogens with two attached hydrogens (primary N) is 1. The first-order chi connectivity index (χ1) is 9.51. The SMILES string of the molecule is COc1cc(Nc2ccc(N)cc2C(=O)O)ccc1Br. The predicted octanol–water partition coefficient (Wildman–Crippen LogP) is 3.48. The summed E-state index contributed by atoms with van der Waals surface area (Å²) >= 11 is 3.36. The van der Waals surface area contributed by atoms with Crippen molar-refractivity contribution >= 4 is 39.0 Å². The number of anilines is 3. The molecule has 0 saturated carbocycles. The van der Waals surface area contributed by atoms with E-state index in [2.05, 4.69) is 21.2 Å². The number of nitrogens with one attached hydrogen (secondary N) is 1. The van der Waals surface area contributed by atoms with Gasteiger partial charge in [0.1, 0.15) is 5.75 Å². The van der Waals surface area contributed by atoms with Gasteiger partial charge in [-0.2, -0.15) is 0 Å². The van der Waals surface area contributed by atoms with E-state index in [0.29, 0.717) is 17.1 Å². The van der Waals surface area contributed by atoms with Crippen molar-refractivity contribution in [2.75, 3.05) is 18.2 Å². The Morgan fingerprint density at radius 3 is 2.70 bits per heavy atom. The van der Waals surface area contributed by atoms with E-state index in [1.807, 2.05) is 12.1 Å². The molecule has 0 aliphatic carbocycles. The van der Waals surface area contributed by atoms with Crippen molar-refractivity contribution in [3.63, 3.8) is 0 Å². The van der Waals surface area contributed by atoms with E-state index < -0.39 is 5.97 Å². The predicted molar refractivity (Wildman–Crippen MR) is 81.8 cm³/mol. The monoisotopic (exact) mass is 336 g/mol. The first-order valence-electron chi connectivity index (χ1n) is 5.74. The van der Waals surface area contributed by atoms with E-state index in [-0.39, 0.29) is 5.56 Å². The second-order valence-corrected chi connectivity index (χ2v) is 4.94. The summed E-state index contributed by atoms with van der Waals surface area (Å²) in [5, 5.41) is 12.2. The van der Waals surface area contributed by atoms with Crippen LogP contribution < -0.4 is 15.8 Å². The number of methoxy groups -OCH3 is 1. The van der Waals surface area contributed by atoms with Gasteiger partial charge < -0.3 is 20.9 Å². The van der Waals surface area contributed by atoms with Gasteiger partial charge in [0, 0.05) is 17.4 Å². The van der Waals surface area contributed by atoms with Crippen LogP contribution in [0.25, 0.3) is 0 Å².